The van der Waals surface area contributed by atoms with Crippen LogP contribution in [0.25, 0.3) is 0 Å². The number of hydrogen-bond acceptors (Lipinski definition) is 6. The summed E-state index contributed by atoms with van der Waals surface area (Å²) in [5.74, 6) is -3.09. The monoisotopic (exact) mass is 323 g/mol. The van der Waals surface area contributed by atoms with E-state index in [1.54, 1.807) is 0 Å². The van der Waals surface area contributed by atoms with Crippen molar-refractivity contribution < 1.29 is 19.4 Å². The van der Waals surface area contributed by atoms with Gasteiger partial charge in [0.15, 0.2) is 5.13 Å². The number of nitrogens with one attached hydrogen (secondary N) is 1. The molecule has 4 unspecified atom stereocenters. The Morgan fingerprint density at radius 1 is 1.32 bits per heavy atom. The SMILES string of the molecule is CC(C)(C)c1csc(NC(=O)C2C3CCC(O3)C2C(=O)[O-])n1. The third kappa shape index (κ3) is 2.63. The predicted octanol–water partition coefficient (Wildman–Crippen LogP) is 0.923. The van der Waals surface area contributed by atoms with Crippen LogP contribution in [0.1, 0.15) is 39.3 Å². The van der Waals surface area contributed by atoms with Gasteiger partial charge in [-0.3, -0.25) is 4.79 Å². The highest BCUT2D eigenvalue weighted by Gasteiger charge is 2.52. The first-order valence-electron chi connectivity index (χ1n) is 7.40. The minimum atomic E-state index is -1.21. The van der Waals surface area contributed by atoms with Crippen molar-refractivity contribution in [2.45, 2.75) is 51.2 Å². The number of rotatable bonds is 3. The van der Waals surface area contributed by atoms with Crippen LogP contribution in [-0.2, 0) is 19.7 Å². The van der Waals surface area contributed by atoms with Gasteiger partial charge in [0.2, 0.25) is 5.91 Å². The van der Waals surface area contributed by atoms with Gasteiger partial charge in [0.25, 0.3) is 0 Å². The zero-order chi connectivity index (χ0) is 16.1. The summed E-state index contributed by atoms with van der Waals surface area (Å²) >= 11 is 1.35. The maximum Gasteiger partial charge on any atom is 0.232 e. The van der Waals surface area contributed by atoms with Gasteiger partial charge in [-0.05, 0) is 12.8 Å². The molecular formula is C15H19N2O4S-. The molecule has 2 fully saturated rings. The zero-order valence-electron chi connectivity index (χ0n) is 12.8. The van der Waals surface area contributed by atoms with E-state index in [-0.39, 0.29) is 17.4 Å². The molecule has 1 N–H and O–H groups in total. The number of hydrogen-bond donors (Lipinski definition) is 1. The second-order valence-corrected chi connectivity index (χ2v) is 7.80. The molecule has 6 nitrogen and oxygen atoms in total. The molecule has 3 rings (SSSR count). The van der Waals surface area contributed by atoms with Crippen LogP contribution < -0.4 is 10.4 Å². The van der Waals surface area contributed by atoms with Crippen LogP contribution in [-0.4, -0.2) is 29.1 Å². The Bertz CT molecular complexity index is 607. The third-order valence-corrected chi connectivity index (χ3v) is 5.11. The van der Waals surface area contributed by atoms with Crippen molar-refractivity contribution in [3.8, 4) is 0 Å². The first-order valence-corrected chi connectivity index (χ1v) is 8.28. The lowest BCUT2D eigenvalue weighted by Gasteiger charge is -2.27. The van der Waals surface area contributed by atoms with Crippen molar-refractivity contribution in [1.29, 1.82) is 0 Å². The van der Waals surface area contributed by atoms with E-state index in [9.17, 15) is 14.7 Å². The van der Waals surface area contributed by atoms with Crippen LogP contribution in [0, 0.1) is 11.8 Å². The van der Waals surface area contributed by atoms with E-state index >= 15 is 0 Å². The number of aromatic nitrogens is 1. The molecular weight excluding hydrogens is 304 g/mol. The lowest BCUT2D eigenvalue weighted by atomic mass is 9.79. The van der Waals surface area contributed by atoms with E-state index in [1.165, 1.54) is 11.3 Å². The molecule has 4 atom stereocenters. The van der Waals surface area contributed by atoms with Crippen LogP contribution in [0.2, 0.25) is 0 Å². The fourth-order valence-corrected chi connectivity index (χ4v) is 4.11. The maximum atomic E-state index is 12.5. The van der Waals surface area contributed by atoms with E-state index in [4.69, 9.17) is 4.74 Å². The molecule has 1 amide bonds. The second-order valence-electron chi connectivity index (χ2n) is 6.94. The lowest BCUT2D eigenvalue weighted by Crippen LogP contribution is -2.46. The van der Waals surface area contributed by atoms with Crippen LogP contribution in [0.3, 0.4) is 0 Å². The molecule has 0 radical (unpaired) electrons. The second kappa shape index (κ2) is 5.31. The highest BCUT2D eigenvalue weighted by atomic mass is 32.1. The molecule has 2 aliphatic rings. The summed E-state index contributed by atoms with van der Waals surface area (Å²) in [6.45, 7) is 6.14. The van der Waals surface area contributed by atoms with Crippen LogP contribution in [0.4, 0.5) is 5.13 Å². The Morgan fingerprint density at radius 2 is 1.95 bits per heavy atom. The Labute approximate surface area is 132 Å². The summed E-state index contributed by atoms with van der Waals surface area (Å²) in [5, 5.41) is 16.5. The van der Waals surface area contributed by atoms with Gasteiger partial charge in [0, 0.05) is 22.7 Å². The van der Waals surface area contributed by atoms with E-state index in [1.807, 2.05) is 26.2 Å². The first kappa shape index (κ1) is 15.4. The number of aliphatic carboxylic acids is 1. The fraction of sp³-hybridized carbons (Fsp3) is 0.667. The summed E-state index contributed by atoms with van der Waals surface area (Å²) in [6, 6.07) is 0. The summed E-state index contributed by atoms with van der Waals surface area (Å²) in [5.41, 5.74) is 0.802. The third-order valence-electron chi connectivity index (χ3n) is 4.35. The number of fused-ring (bicyclic) bond motifs is 2. The smallest absolute Gasteiger partial charge is 0.232 e. The van der Waals surface area contributed by atoms with Crippen molar-refractivity contribution in [1.82, 2.24) is 4.98 Å². The van der Waals surface area contributed by atoms with Crippen LogP contribution in [0.15, 0.2) is 5.38 Å². The molecule has 1 aromatic rings. The number of amides is 1. The molecule has 2 bridgehead atoms. The highest BCUT2D eigenvalue weighted by molar-refractivity contribution is 7.13. The van der Waals surface area contributed by atoms with Crippen molar-refractivity contribution in [3.63, 3.8) is 0 Å². The van der Waals surface area contributed by atoms with Crippen LogP contribution >= 0.6 is 11.3 Å². The van der Waals surface area contributed by atoms with E-state index in [0.717, 1.165) is 12.1 Å². The van der Waals surface area contributed by atoms with Gasteiger partial charge >= 0.3 is 0 Å². The Kier molecular flexibility index (Phi) is 3.72. The van der Waals surface area contributed by atoms with E-state index in [2.05, 4.69) is 10.3 Å². The molecule has 22 heavy (non-hydrogen) atoms. The van der Waals surface area contributed by atoms with Gasteiger partial charge in [0.1, 0.15) is 0 Å². The molecule has 3 heterocycles. The first-order chi connectivity index (χ1) is 10.3. The molecule has 0 aliphatic carbocycles. The van der Waals surface area contributed by atoms with Gasteiger partial charge in [-0.25, -0.2) is 4.98 Å². The predicted molar refractivity (Wildman–Crippen MR) is 79.3 cm³/mol. The van der Waals surface area contributed by atoms with Crippen molar-refractivity contribution in [2.24, 2.45) is 11.8 Å². The largest absolute Gasteiger partial charge is 0.550 e. The van der Waals surface area contributed by atoms with Crippen molar-refractivity contribution >= 4 is 28.3 Å². The molecule has 0 spiro atoms. The van der Waals surface area contributed by atoms with Gasteiger partial charge in [0.05, 0.1) is 23.8 Å². The normalized spacial score (nSPS) is 30.5. The summed E-state index contributed by atoms with van der Waals surface area (Å²) in [4.78, 5) is 28.2. The standard InChI is InChI=1S/C15H20N2O4S/c1-15(2,3)9-6-22-14(16-9)17-12(18)10-7-4-5-8(21-7)11(10)13(19)20/h6-8,10-11H,4-5H2,1-3H3,(H,19,20)(H,16,17,18)/p-1. The zero-order valence-corrected chi connectivity index (χ0v) is 13.6. The fourth-order valence-electron chi connectivity index (χ4n) is 3.17. The maximum absolute atomic E-state index is 12.5. The minimum Gasteiger partial charge on any atom is -0.550 e. The number of carbonyl (C=O) groups is 2. The average Bonchev–Trinajstić information content (AvgIpc) is 3.11. The van der Waals surface area contributed by atoms with Gasteiger partial charge in [-0.1, -0.05) is 20.8 Å². The minimum absolute atomic E-state index is 0.0947. The number of carboxylic acids is 1. The quantitative estimate of drug-likeness (QED) is 0.893. The molecule has 0 aromatic carbocycles. The number of nitrogens with zero attached hydrogens (tertiary/aromatic N) is 1. The molecule has 120 valence electrons. The highest BCUT2D eigenvalue weighted by Crippen LogP contribution is 2.43. The molecule has 1 aromatic heterocycles. The van der Waals surface area contributed by atoms with E-state index in [0.29, 0.717) is 11.6 Å². The van der Waals surface area contributed by atoms with Crippen molar-refractivity contribution in [2.75, 3.05) is 5.32 Å². The molecule has 2 saturated heterocycles. The summed E-state index contributed by atoms with van der Waals surface area (Å²) in [6.07, 6.45) is 0.679. The van der Waals surface area contributed by atoms with E-state index < -0.39 is 23.9 Å². The topological polar surface area (TPSA) is 91.3 Å². The summed E-state index contributed by atoms with van der Waals surface area (Å²) in [7, 11) is 0. The number of carboxylic acid groups (broad SMARTS) is 1. The Balaban J connectivity index is 1.74. The van der Waals surface area contributed by atoms with Crippen LogP contribution in [0.5, 0.6) is 0 Å². The lowest BCUT2D eigenvalue weighted by molar-refractivity contribution is -0.313. The Morgan fingerprint density at radius 3 is 2.50 bits per heavy atom. The number of ether oxygens (including phenoxy) is 1. The average molecular weight is 323 g/mol. The number of carbonyl (C=O) groups excluding carboxylic acids is 2. The van der Waals surface area contributed by atoms with Crippen molar-refractivity contribution in [3.05, 3.63) is 11.1 Å². The number of anilines is 1. The summed E-state index contributed by atoms with van der Waals surface area (Å²) < 4.78 is 5.58. The van der Waals surface area contributed by atoms with Gasteiger partial charge in [-0.2, -0.15) is 0 Å². The Hall–Kier alpha value is -1.47. The van der Waals surface area contributed by atoms with Gasteiger partial charge < -0.3 is 20.0 Å². The van der Waals surface area contributed by atoms with Gasteiger partial charge in [-0.15, -0.1) is 11.3 Å². The molecule has 2 aliphatic heterocycles. The number of thiazole rings is 1. The molecule has 0 saturated carbocycles. The molecule has 7 heteroatoms.